The largest absolute Gasteiger partial charge is 0.493 e. The summed E-state index contributed by atoms with van der Waals surface area (Å²) in [4.78, 5) is 12.4. The molecule has 1 aliphatic heterocycles. The van der Waals surface area contributed by atoms with E-state index in [9.17, 15) is 4.79 Å². The number of allylic oxidation sites excluding steroid dienone is 1. The maximum Gasteiger partial charge on any atom is 0.231 e. The molecule has 6 nitrogen and oxygen atoms in total. The highest BCUT2D eigenvalue weighted by Crippen LogP contribution is 2.38. The van der Waals surface area contributed by atoms with Crippen molar-refractivity contribution in [3.05, 3.63) is 47.5 Å². The van der Waals surface area contributed by atoms with Crippen molar-refractivity contribution >= 4 is 11.9 Å². The number of fused-ring (bicyclic) bond motifs is 1. The van der Waals surface area contributed by atoms with Crippen LogP contribution in [0.25, 0.3) is 6.08 Å². The molecule has 0 radical (unpaired) electrons. The molecule has 0 aliphatic carbocycles. The minimum absolute atomic E-state index is 0.146. The summed E-state index contributed by atoms with van der Waals surface area (Å²) < 4.78 is 26.4. The topological polar surface area (TPSA) is 63.2 Å². The highest BCUT2D eigenvalue weighted by atomic mass is 16.7. The highest BCUT2D eigenvalue weighted by Gasteiger charge is 2.15. The first-order chi connectivity index (χ1) is 12.2. The van der Waals surface area contributed by atoms with Crippen LogP contribution in [0.2, 0.25) is 0 Å². The van der Waals surface area contributed by atoms with E-state index in [0.717, 1.165) is 5.56 Å². The Hall–Kier alpha value is -3.15. The SMILES string of the molecule is COc1cc(C=CC(=O)c2ccc3c(c2)OCO3)cc(OC)c1OC. The van der Waals surface area contributed by atoms with E-state index in [4.69, 9.17) is 23.7 Å². The Morgan fingerprint density at radius 2 is 1.64 bits per heavy atom. The van der Waals surface area contributed by atoms with Crippen LogP contribution in [0, 0.1) is 0 Å². The lowest BCUT2D eigenvalue weighted by Gasteiger charge is -2.12. The Morgan fingerprint density at radius 1 is 0.960 bits per heavy atom. The second-order valence-electron chi connectivity index (χ2n) is 5.22. The number of hydrogen-bond donors (Lipinski definition) is 0. The van der Waals surface area contributed by atoms with Gasteiger partial charge in [-0.2, -0.15) is 0 Å². The fraction of sp³-hybridized carbons (Fsp3) is 0.211. The van der Waals surface area contributed by atoms with Crippen LogP contribution in [0.3, 0.4) is 0 Å². The van der Waals surface area contributed by atoms with Gasteiger partial charge >= 0.3 is 0 Å². The van der Waals surface area contributed by atoms with Gasteiger partial charge in [0.05, 0.1) is 21.3 Å². The first-order valence-corrected chi connectivity index (χ1v) is 7.58. The van der Waals surface area contributed by atoms with E-state index < -0.39 is 0 Å². The molecule has 2 aromatic carbocycles. The lowest BCUT2D eigenvalue weighted by molar-refractivity contribution is 0.104. The van der Waals surface area contributed by atoms with E-state index in [2.05, 4.69) is 0 Å². The molecule has 0 spiro atoms. The molecule has 0 aromatic heterocycles. The Kier molecular flexibility index (Phi) is 4.79. The van der Waals surface area contributed by atoms with Crippen LogP contribution < -0.4 is 23.7 Å². The van der Waals surface area contributed by atoms with E-state index in [1.54, 1.807) is 57.7 Å². The minimum Gasteiger partial charge on any atom is -0.493 e. The number of rotatable bonds is 6. The summed E-state index contributed by atoms with van der Waals surface area (Å²) in [5.74, 6) is 2.63. The number of carbonyl (C=O) groups is 1. The molecule has 2 aromatic rings. The molecule has 0 saturated carbocycles. The summed E-state index contributed by atoms with van der Waals surface area (Å²) in [6.07, 6.45) is 3.18. The van der Waals surface area contributed by atoms with Gasteiger partial charge in [0, 0.05) is 5.56 Å². The number of benzene rings is 2. The van der Waals surface area contributed by atoms with Gasteiger partial charge in [-0.15, -0.1) is 0 Å². The standard InChI is InChI=1S/C19H18O6/c1-21-17-8-12(9-18(22-2)19(17)23-3)4-6-14(20)13-5-7-15-16(10-13)25-11-24-15/h4-10H,11H2,1-3H3. The maximum atomic E-state index is 12.4. The fourth-order valence-electron chi connectivity index (χ4n) is 2.52. The van der Waals surface area contributed by atoms with Gasteiger partial charge in [-0.05, 0) is 42.0 Å². The van der Waals surface area contributed by atoms with E-state index >= 15 is 0 Å². The molecule has 0 saturated heterocycles. The van der Waals surface area contributed by atoms with Gasteiger partial charge in [-0.25, -0.2) is 0 Å². The van der Waals surface area contributed by atoms with Crippen LogP contribution in [0.15, 0.2) is 36.4 Å². The zero-order valence-electron chi connectivity index (χ0n) is 14.2. The average Bonchev–Trinajstić information content (AvgIpc) is 3.12. The van der Waals surface area contributed by atoms with Crippen molar-refractivity contribution in [2.24, 2.45) is 0 Å². The maximum absolute atomic E-state index is 12.4. The summed E-state index contributed by atoms with van der Waals surface area (Å²) >= 11 is 0. The van der Waals surface area contributed by atoms with Crippen molar-refractivity contribution in [1.29, 1.82) is 0 Å². The van der Waals surface area contributed by atoms with Crippen LogP contribution in [-0.2, 0) is 0 Å². The molecule has 0 atom stereocenters. The Bertz CT molecular complexity index is 800. The first kappa shape index (κ1) is 16.7. The van der Waals surface area contributed by atoms with Crippen molar-refractivity contribution in [3.63, 3.8) is 0 Å². The number of methoxy groups -OCH3 is 3. The Morgan fingerprint density at radius 3 is 2.28 bits per heavy atom. The number of hydrogen-bond acceptors (Lipinski definition) is 6. The number of carbonyl (C=O) groups excluding carboxylic acids is 1. The molecular weight excluding hydrogens is 324 g/mol. The molecule has 0 unspecified atom stereocenters. The molecule has 1 heterocycles. The van der Waals surface area contributed by atoms with Gasteiger partial charge in [0.2, 0.25) is 12.5 Å². The van der Waals surface area contributed by atoms with Gasteiger partial charge in [0.25, 0.3) is 0 Å². The Balaban J connectivity index is 1.85. The smallest absolute Gasteiger partial charge is 0.231 e. The van der Waals surface area contributed by atoms with Crippen molar-refractivity contribution in [3.8, 4) is 28.7 Å². The number of ketones is 1. The predicted octanol–water partition coefficient (Wildman–Crippen LogP) is 3.34. The minimum atomic E-state index is -0.146. The zero-order valence-corrected chi connectivity index (χ0v) is 14.2. The molecule has 3 rings (SSSR count). The molecule has 25 heavy (non-hydrogen) atoms. The van der Waals surface area contributed by atoms with Gasteiger partial charge in [-0.3, -0.25) is 4.79 Å². The normalized spacial score (nSPS) is 12.3. The van der Waals surface area contributed by atoms with Crippen LogP contribution in [0.1, 0.15) is 15.9 Å². The van der Waals surface area contributed by atoms with Crippen molar-refractivity contribution in [1.82, 2.24) is 0 Å². The summed E-state index contributed by atoms with van der Waals surface area (Å²) in [7, 11) is 4.63. The third-order valence-electron chi connectivity index (χ3n) is 3.77. The monoisotopic (exact) mass is 342 g/mol. The summed E-state index contributed by atoms with van der Waals surface area (Å²) in [6, 6.07) is 8.64. The van der Waals surface area contributed by atoms with E-state index in [1.807, 2.05) is 0 Å². The van der Waals surface area contributed by atoms with Crippen LogP contribution in [0.4, 0.5) is 0 Å². The van der Waals surface area contributed by atoms with E-state index in [-0.39, 0.29) is 12.6 Å². The zero-order chi connectivity index (χ0) is 17.8. The molecule has 0 N–H and O–H groups in total. The quantitative estimate of drug-likeness (QED) is 0.593. The predicted molar refractivity (Wildman–Crippen MR) is 92.0 cm³/mol. The van der Waals surface area contributed by atoms with E-state index in [0.29, 0.717) is 34.3 Å². The molecule has 6 heteroatoms. The molecular formula is C19H18O6. The van der Waals surface area contributed by atoms with E-state index in [1.165, 1.54) is 6.08 Å². The third-order valence-corrected chi connectivity index (χ3v) is 3.77. The average molecular weight is 342 g/mol. The van der Waals surface area contributed by atoms with Crippen LogP contribution >= 0.6 is 0 Å². The summed E-state index contributed by atoms with van der Waals surface area (Å²) in [6.45, 7) is 0.175. The van der Waals surface area contributed by atoms with Crippen molar-refractivity contribution < 1.29 is 28.5 Å². The van der Waals surface area contributed by atoms with Crippen LogP contribution in [0.5, 0.6) is 28.7 Å². The third kappa shape index (κ3) is 3.38. The first-order valence-electron chi connectivity index (χ1n) is 7.58. The second-order valence-corrected chi connectivity index (χ2v) is 5.22. The summed E-state index contributed by atoms with van der Waals surface area (Å²) in [5, 5.41) is 0. The van der Waals surface area contributed by atoms with Crippen molar-refractivity contribution in [2.75, 3.05) is 28.1 Å². The Labute approximate surface area is 145 Å². The lowest BCUT2D eigenvalue weighted by atomic mass is 10.1. The fourth-order valence-corrected chi connectivity index (χ4v) is 2.52. The van der Waals surface area contributed by atoms with Crippen molar-refractivity contribution in [2.45, 2.75) is 0 Å². The number of ether oxygens (including phenoxy) is 5. The lowest BCUT2D eigenvalue weighted by Crippen LogP contribution is -1.96. The van der Waals surface area contributed by atoms with Gasteiger partial charge in [0.1, 0.15) is 0 Å². The van der Waals surface area contributed by atoms with Crippen LogP contribution in [-0.4, -0.2) is 33.9 Å². The second kappa shape index (κ2) is 7.17. The van der Waals surface area contributed by atoms with Gasteiger partial charge in [0.15, 0.2) is 28.8 Å². The molecule has 0 fully saturated rings. The molecule has 130 valence electrons. The summed E-state index contributed by atoms with van der Waals surface area (Å²) in [5.41, 5.74) is 1.27. The molecule has 0 amide bonds. The highest BCUT2D eigenvalue weighted by molar-refractivity contribution is 6.07. The molecule has 1 aliphatic rings. The van der Waals surface area contributed by atoms with Gasteiger partial charge in [-0.1, -0.05) is 6.08 Å². The molecule has 0 bridgehead atoms. The van der Waals surface area contributed by atoms with Gasteiger partial charge < -0.3 is 23.7 Å².